The molecular weight excluding hydrogens is 519 g/mol. The number of halogens is 1. The fourth-order valence-electron chi connectivity index (χ4n) is 2.80. The van der Waals surface area contributed by atoms with Crippen LogP contribution in [-0.2, 0) is 19.1 Å². The maximum atomic E-state index is 12.4. The van der Waals surface area contributed by atoms with Gasteiger partial charge in [0.15, 0.2) is 18.1 Å². The van der Waals surface area contributed by atoms with E-state index in [4.69, 9.17) is 14.2 Å². The van der Waals surface area contributed by atoms with E-state index in [1.54, 1.807) is 17.0 Å². The molecule has 168 valence electrons. The Labute approximate surface area is 193 Å². The van der Waals surface area contributed by atoms with E-state index in [-0.39, 0.29) is 18.6 Å². The van der Waals surface area contributed by atoms with Gasteiger partial charge in [0, 0.05) is 19.1 Å². The Bertz CT molecular complexity index is 852. The molecule has 1 aliphatic carbocycles. The summed E-state index contributed by atoms with van der Waals surface area (Å²) in [6.45, 7) is 4.31. The minimum absolute atomic E-state index is 0.0974. The summed E-state index contributed by atoms with van der Waals surface area (Å²) in [5.74, 6) is -0.695. The van der Waals surface area contributed by atoms with Crippen molar-refractivity contribution in [3.63, 3.8) is 0 Å². The fourth-order valence-corrected chi connectivity index (χ4v) is 3.58. The Morgan fingerprint density at radius 1 is 1.23 bits per heavy atom. The highest BCUT2D eigenvalue weighted by molar-refractivity contribution is 14.1. The SMILES string of the molecule is CCOc1cc(/C=N\NC(=O)C(=O)NC2CC2)cc(I)c1OCC(=O)N1CCOCC1. The van der Waals surface area contributed by atoms with Gasteiger partial charge in [0.2, 0.25) is 0 Å². The van der Waals surface area contributed by atoms with Crippen LogP contribution in [0, 0.1) is 3.57 Å². The molecule has 1 aromatic carbocycles. The maximum Gasteiger partial charge on any atom is 0.329 e. The number of hydrogen-bond acceptors (Lipinski definition) is 7. The molecule has 0 aromatic heterocycles. The predicted octanol–water partition coefficient (Wildman–Crippen LogP) is 0.656. The van der Waals surface area contributed by atoms with E-state index in [1.165, 1.54) is 6.21 Å². The lowest BCUT2D eigenvalue weighted by molar-refractivity contribution is -0.139. The molecule has 3 rings (SSSR count). The zero-order valence-corrected chi connectivity index (χ0v) is 19.3. The van der Waals surface area contributed by atoms with Gasteiger partial charge in [0.1, 0.15) is 0 Å². The van der Waals surface area contributed by atoms with E-state index in [1.807, 2.05) is 6.92 Å². The van der Waals surface area contributed by atoms with E-state index in [0.29, 0.717) is 50.0 Å². The molecule has 2 N–H and O–H groups in total. The molecule has 1 heterocycles. The first kappa shape index (κ1) is 23.3. The van der Waals surface area contributed by atoms with Gasteiger partial charge in [-0.3, -0.25) is 14.4 Å². The van der Waals surface area contributed by atoms with Crippen molar-refractivity contribution in [2.45, 2.75) is 25.8 Å². The first-order valence-electron chi connectivity index (χ1n) is 10.1. The third-order valence-corrected chi connectivity index (χ3v) is 5.34. The van der Waals surface area contributed by atoms with Crippen LogP contribution in [0.25, 0.3) is 0 Å². The highest BCUT2D eigenvalue weighted by atomic mass is 127. The first-order chi connectivity index (χ1) is 15.0. The highest BCUT2D eigenvalue weighted by Gasteiger charge is 2.26. The number of carbonyl (C=O) groups is 3. The molecule has 1 saturated carbocycles. The standard InChI is InChI=1S/C20H25IN4O6/c1-2-30-16-10-13(11-22-24-20(28)19(27)23-14-3-4-14)9-15(21)18(16)31-12-17(26)25-5-7-29-8-6-25/h9-11,14H,2-8,12H2,1H3,(H,23,27)(H,24,28)/b22-11-. The van der Waals surface area contributed by atoms with Crippen molar-refractivity contribution in [1.29, 1.82) is 0 Å². The summed E-state index contributed by atoms with van der Waals surface area (Å²) in [4.78, 5) is 37.4. The zero-order chi connectivity index (χ0) is 22.2. The third kappa shape index (κ3) is 7.06. The van der Waals surface area contributed by atoms with E-state index >= 15 is 0 Å². The van der Waals surface area contributed by atoms with Gasteiger partial charge in [-0.05, 0) is 60.1 Å². The predicted molar refractivity (Wildman–Crippen MR) is 120 cm³/mol. The molecule has 1 aliphatic heterocycles. The molecule has 11 heteroatoms. The third-order valence-electron chi connectivity index (χ3n) is 4.53. The molecule has 3 amide bonds. The van der Waals surface area contributed by atoms with Gasteiger partial charge in [-0.1, -0.05) is 0 Å². The number of rotatable bonds is 8. The van der Waals surface area contributed by atoms with Crippen molar-refractivity contribution >= 4 is 46.5 Å². The van der Waals surface area contributed by atoms with Crippen LogP contribution in [0.5, 0.6) is 11.5 Å². The lowest BCUT2D eigenvalue weighted by Crippen LogP contribution is -2.43. The second-order valence-corrected chi connectivity index (χ2v) is 8.15. The van der Waals surface area contributed by atoms with Crippen molar-refractivity contribution in [2.24, 2.45) is 5.10 Å². The molecule has 1 saturated heterocycles. The van der Waals surface area contributed by atoms with Crippen molar-refractivity contribution in [3.05, 3.63) is 21.3 Å². The van der Waals surface area contributed by atoms with E-state index < -0.39 is 11.8 Å². The molecule has 2 fully saturated rings. The van der Waals surface area contributed by atoms with Crippen molar-refractivity contribution < 1.29 is 28.6 Å². The Hall–Kier alpha value is -2.41. The number of carbonyl (C=O) groups excluding carboxylic acids is 3. The van der Waals surface area contributed by atoms with Crippen molar-refractivity contribution in [2.75, 3.05) is 39.5 Å². The monoisotopic (exact) mass is 544 g/mol. The number of amides is 3. The van der Waals surface area contributed by atoms with Crippen LogP contribution in [0.3, 0.4) is 0 Å². The number of nitrogens with one attached hydrogen (secondary N) is 2. The van der Waals surface area contributed by atoms with Gasteiger partial charge >= 0.3 is 11.8 Å². The minimum atomic E-state index is -0.815. The average molecular weight is 544 g/mol. The normalized spacial score (nSPS) is 16.1. The smallest absolute Gasteiger partial charge is 0.329 e. The number of nitrogens with zero attached hydrogens (tertiary/aromatic N) is 2. The molecule has 2 aliphatic rings. The number of ether oxygens (including phenoxy) is 3. The van der Waals surface area contributed by atoms with Crippen LogP contribution < -0.4 is 20.2 Å². The number of morpholine rings is 1. The molecular formula is C20H25IN4O6. The molecule has 31 heavy (non-hydrogen) atoms. The molecule has 0 radical (unpaired) electrons. The van der Waals surface area contributed by atoms with E-state index in [2.05, 4.69) is 38.4 Å². The van der Waals surface area contributed by atoms with Crippen LogP contribution in [0.15, 0.2) is 17.2 Å². The second-order valence-electron chi connectivity index (χ2n) is 6.99. The van der Waals surface area contributed by atoms with Crippen LogP contribution in [0.4, 0.5) is 0 Å². The van der Waals surface area contributed by atoms with Gasteiger partial charge in [-0.25, -0.2) is 5.43 Å². The van der Waals surface area contributed by atoms with Gasteiger partial charge < -0.3 is 24.4 Å². The van der Waals surface area contributed by atoms with Crippen molar-refractivity contribution in [3.8, 4) is 11.5 Å². The summed E-state index contributed by atoms with van der Waals surface area (Å²) in [6.07, 6.45) is 3.20. The van der Waals surface area contributed by atoms with E-state index in [0.717, 1.165) is 16.4 Å². The molecule has 0 spiro atoms. The topological polar surface area (TPSA) is 119 Å². The number of benzene rings is 1. The molecule has 10 nitrogen and oxygen atoms in total. The quantitative estimate of drug-likeness (QED) is 0.215. The Balaban J connectivity index is 1.61. The van der Waals surface area contributed by atoms with Crippen LogP contribution in [0.1, 0.15) is 25.3 Å². The first-order valence-corrected chi connectivity index (χ1v) is 11.1. The largest absolute Gasteiger partial charge is 0.490 e. The van der Waals surface area contributed by atoms with E-state index in [9.17, 15) is 14.4 Å². The van der Waals surface area contributed by atoms with Crippen LogP contribution in [-0.4, -0.2) is 74.4 Å². The Morgan fingerprint density at radius 3 is 2.65 bits per heavy atom. The van der Waals surface area contributed by atoms with Gasteiger partial charge in [-0.15, -0.1) is 0 Å². The maximum absolute atomic E-state index is 12.4. The van der Waals surface area contributed by atoms with Gasteiger partial charge in [-0.2, -0.15) is 5.10 Å². The Morgan fingerprint density at radius 2 is 1.97 bits per heavy atom. The molecule has 0 unspecified atom stereocenters. The summed E-state index contributed by atoms with van der Waals surface area (Å²) < 4.78 is 17.4. The lowest BCUT2D eigenvalue weighted by atomic mass is 10.2. The highest BCUT2D eigenvalue weighted by Crippen LogP contribution is 2.34. The Kier molecular flexibility index (Phi) is 8.46. The fraction of sp³-hybridized carbons (Fsp3) is 0.500. The summed E-state index contributed by atoms with van der Waals surface area (Å²) in [6, 6.07) is 3.57. The molecule has 1 aromatic rings. The summed E-state index contributed by atoms with van der Waals surface area (Å²) >= 11 is 2.09. The van der Waals surface area contributed by atoms with Crippen LogP contribution >= 0.6 is 22.6 Å². The number of hydrazone groups is 1. The van der Waals surface area contributed by atoms with Crippen LogP contribution in [0.2, 0.25) is 0 Å². The summed E-state index contributed by atoms with van der Waals surface area (Å²) in [5.41, 5.74) is 2.85. The minimum Gasteiger partial charge on any atom is -0.490 e. The average Bonchev–Trinajstić information content (AvgIpc) is 3.57. The second kappa shape index (κ2) is 11.3. The summed E-state index contributed by atoms with van der Waals surface area (Å²) in [5, 5.41) is 6.43. The summed E-state index contributed by atoms with van der Waals surface area (Å²) in [7, 11) is 0. The molecule has 0 atom stereocenters. The lowest BCUT2D eigenvalue weighted by Gasteiger charge is -2.27. The van der Waals surface area contributed by atoms with Gasteiger partial charge in [0.05, 0.1) is 29.6 Å². The number of hydrogen-bond donors (Lipinski definition) is 2. The zero-order valence-electron chi connectivity index (χ0n) is 17.2. The van der Waals surface area contributed by atoms with Crippen molar-refractivity contribution in [1.82, 2.24) is 15.6 Å². The molecule has 0 bridgehead atoms. The van der Waals surface area contributed by atoms with Gasteiger partial charge in [0.25, 0.3) is 5.91 Å².